The predicted molar refractivity (Wildman–Crippen MR) is 59.1 cm³/mol. The summed E-state index contributed by atoms with van der Waals surface area (Å²) in [6.45, 7) is 1.72. The highest BCUT2D eigenvalue weighted by molar-refractivity contribution is 6.10. The first-order valence-electron chi connectivity index (χ1n) is 5.23. The summed E-state index contributed by atoms with van der Waals surface area (Å²) >= 11 is 0. The fraction of sp³-hybridized carbons (Fsp3) is 0.333. The van der Waals surface area contributed by atoms with Gasteiger partial charge in [0.15, 0.2) is 5.41 Å². The molecule has 1 unspecified atom stereocenters. The van der Waals surface area contributed by atoms with E-state index in [1.54, 1.807) is 13.0 Å². The fourth-order valence-electron chi connectivity index (χ4n) is 2.05. The van der Waals surface area contributed by atoms with Gasteiger partial charge in [0.2, 0.25) is 5.91 Å². The number of rotatable bonds is 2. The zero-order valence-electron chi connectivity index (χ0n) is 8.99. The van der Waals surface area contributed by atoms with Crippen LogP contribution in [0.3, 0.4) is 0 Å². The minimum absolute atomic E-state index is 0.265. The molecule has 2 rings (SSSR count). The van der Waals surface area contributed by atoms with E-state index in [-0.39, 0.29) is 6.42 Å². The number of benzene rings is 1. The number of hydrogen-bond donors (Lipinski definition) is 2. The largest absolute Gasteiger partial charge is 0.480 e. The molecule has 1 aliphatic rings. The van der Waals surface area contributed by atoms with E-state index in [1.165, 1.54) is 0 Å². The van der Waals surface area contributed by atoms with Gasteiger partial charge in [0.05, 0.1) is 0 Å². The molecule has 0 spiro atoms. The molecular weight excluding hydrogens is 206 g/mol. The SMILES string of the molecule is CCC1(C(=O)O)Cc2ccccc2NC1=O. The van der Waals surface area contributed by atoms with E-state index in [0.29, 0.717) is 6.42 Å². The van der Waals surface area contributed by atoms with Crippen molar-refractivity contribution >= 4 is 17.6 Å². The first-order chi connectivity index (χ1) is 7.60. The number of hydrogen-bond acceptors (Lipinski definition) is 2. The standard InChI is InChI=1S/C12H13NO3/c1-2-12(11(15)16)7-8-5-3-4-6-9(8)13-10(12)14/h3-6H,2,7H2,1H3,(H,13,14)(H,15,16). The summed E-state index contributed by atoms with van der Waals surface area (Å²) in [7, 11) is 0. The van der Waals surface area contributed by atoms with Crippen molar-refractivity contribution < 1.29 is 14.7 Å². The number of fused-ring (bicyclic) bond motifs is 1. The highest BCUT2D eigenvalue weighted by atomic mass is 16.4. The Hall–Kier alpha value is -1.84. The predicted octanol–water partition coefficient (Wildman–Crippen LogP) is 1.66. The molecule has 1 aromatic carbocycles. The van der Waals surface area contributed by atoms with Gasteiger partial charge in [-0.3, -0.25) is 9.59 Å². The Bertz CT molecular complexity index is 455. The Morgan fingerprint density at radius 3 is 2.81 bits per heavy atom. The van der Waals surface area contributed by atoms with Crippen LogP contribution in [0.15, 0.2) is 24.3 Å². The maximum Gasteiger partial charge on any atom is 0.319 e. The molecule has 0 saturated carbocycles. The molecular formula is C12H13NO3. The van der Waals surface area contributed by atoms with E-state index in [1.807, 2.05) is 18.2 Å². The van der Waals surface area contributed by atoms with Gasteiger partial charge in [0, 0.05) is 5.69 Å². The van der Waals surface area contributed by atoms with E-state index in [4.69, 9.17) is 0 Å². The van der Waals surface area contributed by atoms with Crippen molar-refractivity contribution in [1.29, 1.82) is 0 Å². The summed E-state index contributed by atoms with van der Waals surface area (Å²) in [5.74, 6) is -1.47. The summed E-state index contributed by atoms with van der Waals surface area (Å²) in [5.41, 5.74) is 0.290. The third kappa shape index (κ3) is 1.38. The molecule has 0 saturated heterocycles. The number of carbonyl (C=O) groups excluding carboxylic acids is 1. The van der Waals surface area contributed by atoms with Crippen molar-refractivity contribution in [2.45, 2.75) is 19.8 Å². The number of para-hydroxylation sites is 1. The quantitative estimate of drug-likeness (QED) is 0.743. The van der Waals surface area contributed by atoms with Gasteiger partial charge in [-0.25, -0.2) is 0 Å². The molecule has 0 aromatic heterocycles. The normalized spacial score (nSPS) is 23.4. The Balaban J connectivity index is 2.48. The third-order valence-electron chi connectivity index (χ3n) is 3.21. The van der Waals surface area contributed by atoms with E-state index in [9.17, 15) is 14.7 Å². The molecule has 1 heterocycles. The van der Waals surface area contributed by atoms with Crippen molar-refractivity contribution in [3.63, 3.8) is 0 Å². The molecule has 2 N–H and O–H groups in total. The van der Waals surface area contributed by atoms with Gasteiger partial charge >= 0.3 is 5.97 Å². The summed E-state index contributed by atoms with van der Waals surface area (Å²) in [4.78, 5) is 23.1. The Kier molecular flexibility index (Phi) is 2.42. The minimum atomic E-state index is -1.31. The number of carbonyl (C=O) groups is 2. The van der Waals surface area contributed by atoms with E-state index >= 15 is 0 Å². The number of aliphatic carboxylic acids is 1. The lowest BCUT2D eigenvalue weighted by Gasteiger charge is -2.32. The van der Waals surface area contributed by atoms with Crippen LogP contribution >= 0.6 is 0 Å². The third-order valence-corrected chi connectivity index (χ3v) is 3.21. The lowest BCUT2D eigenvalue weighted by Crippen LogP contribution is -2.47. The summed E-state index contributed by atoms with van der Waals surface area (Å²) in [6, 6.07) is 7.30. The van der Waals surface area contributed by atoms with Crippen LogP contribution in [0, 0.1) is 5.41 Å². The van der Waals surface area contributed by atoms with Crippen LogP contribution in [0.25, 0.3) is 0 Å². The Morgan fingerprint density at radius 1 is 1.50 bits per heavy atom. The van der Waals surface area contributed by atoms with Gasteiger partial charge in [0.25, 0.3) is 0 Å². The van der Waals surface area contributed by atoms with Crippen molar-refractivity contribution in [3.05, 3.63) is 29.8 Å². The first kappa shape index (κ1) is 10.7. The number of carboxylic acid groups (broad SMARTS) is 1. The van der Waals surface area contributed by atoms with Crippen LogP contribution < -0.4 is 5.32 Å². The second-order valence-electron chi connectivity index (χ2n) is 4.03. The van der Waals surface area contributed by atoms with E-state index in [0.717, 1.165) is 11.3 Å². The second kappa shape index (κ2) is 3.63. The maximum atomic E-state index is 11.9. The molecule has 1 amide bonds. The van der Waals surface area contributed by atoms with Crippen molar-refractivity contribution in [2.75, 3.05) is 5.32 Å². The van der Waals surface area contributed by atoms with E-state index < -0.39 is 17.3 Å². The maximum absolute atomic E-state index is 11.9. The van der Waals surface area contributed by atoms with E-state index in [2.05, 4.69) is 5.32 Å². The lowest BCUT2D eigenvalue weighted by molar-refractivity contribution is -0.154. The van der Waals surface area contributed by atoms with Crippen molar-refractivity contribution in [3.8, 4) is 0 Å². The van der Waals surface area contributed by atoms with Gasteiger partial charge < -0.3 is 10.4 Å². The first-order valence-corrected chi connectivity index (χ1v) is 5.23. The smallest absolute Gasteiger partial charge is 0.319 e. The molecule has 1 aliphatic heterocycles. The average molecular weight is 219 g/mol. The van der Waals surface area contributed by atoms with Gasteiger partial charge in [-0.2, -0.15) is 0 Å². The zero-order valence-corrected chi connectivity index (χ0v) is 8.99. The second-order valence-corrected chi connectivity index (χ2v) is 4.03. The molecule has 0 fully saturated rings. The molecule has 0 bridgehead atoms. The number of nitrogens with one attached hydrogen (secondary N) is 1. The highest BCUT2D eigenvalue weighted by Gasteiger charge is 2.47. The van der Waals surface area contributed by atoms with Gasteiger partial charge in [-0.05, 0) is 24.5 Å². The summed E-state index contributed by atoms with van der Waals surface area (Å²) < 4.78 is 0. The number of carboxylic acids is 1. The van der Waals surface area contributed by atoms with Crippen LogP contribution in [0.4, 0.5) is 5.69 Å². The van der Waals surface area contributed by atoms with Gasteiger partial charge in [0.1, 0.15) is 0 Å². The fourth-order valence-corrected chi connectivity index (χ4v) is 2.05. The minimum Gasteiger partial charge on any atom is -0.480 e. The van der Waals surface area contributed by atoms with Gasteiger partial charge in [-0.1, -0.05) is 25.1 Å². The molecule has 0 radical (unpaired) electrons. The van der Waals surface area contributed by atoms with Gasteiger partial charge in [-0.15, -0.1) is 0 Å². The summed E-state index contributed by atoms with van der Waals surface area (Å²) in [6.07, 6.45) is 0.559. The molecule has 4 heteroatoms. The molecule has 16 heavy (non-hydrogen) atoms. The molecule has 4 nitrogen and oxygen atoms in total. The van der Waals surface area contributed by atoms with Crippen LogP contribution in [-0.2, 0) is 16.0 Å². The Morgan fingerprint density at radius 2 is 2.19 bits per heavy atom. The topological polar surface area (TPSA) is 66.4 Å². The summed E-state index contributed by atoms with van der Waals surface area (Å²) in [5, 5.41) is 11.9. The van der Waals surface area contributed by atoms with Crippen LogP contribution in [0.5, 0.6) is 0 Å². The van der Waals surface area contributed by atoms with Crippen LogP contribution in [0.2, 0.25) is 0 Å². The average Bonchev–Trinajstić information content (AvgIpc) is 2.27. The molecule has 84 valence electrons. The molecule has 0 aliphatic carbocycles. The molecule has 1 atom stereocenters. The zero-order chi connectivity index (χ0) is 11.8. The van der Waals surface area contributed by atoms with Crippen molar-refractivity contribution in [1.82, 2.24) is 0 Å². The van der Waals surface area contributed by atoms with Crippen molar-refractivity contribution in [2.24, 2.45) is 5.41 Å². The lowest BCUT2D eigenvalue weighted by atomic mass is 9.75. The van der Waals surface area contributed by atoms with Crippen LogP contribution in [-0.4, -0.2) is 17.0 Å². The number of amides is 1. The Labute approximate surface area is 93.3 Å². The highest BCUT2D eigenvalue weighted by Crippen LogP contribution is 2.36. The van der Waals surface area contributed by atoms with Crippen LogP contribution in [0.1, 0.15) is 18.9 Å². The monoisotopic (exact) mass is 219 g/mol. The number of anilines is 1. The molecule has 1 aromatic rings.